The Hall–Kier alpha value is -3.28. The fourth-order valence-electron chi connectivity index (χ4n) is 2.48. The van der Waals surface area contributed by atoms with Gasteiger partial charge in [0.25, 0.3) is 0 Å². The highest BCUT2D eigenvalue weighted by atomic mass is 19.4. The number of hydrogen-bond donors (Lipinski definition) is 1. The van der Waals surface area contributed by atoms with E-state index in [1.54, 1.807) is 24.3 Å². The van der Waals surface area contributed by atoms with Crippen LogP contribution < -0.4 is 14.8 Å². The second-order valence-corrected chi connectivity index (χ2v) is 6.43. The molecular formula is C21H18F7NO4. The van der Waals surface area contributed by atoms with Crippen LogP contribution in [-0.2, 0) is 22.7 Å². The molecule has 0 atom stereocenters. The molecule has 0 aromatic heterocycles. The summed E-state index contributed by atoms with van der Waals surface area (Å²) in [5.41, 5.74) is 1.18. The van der Waals surface area contributed by atoms with Crippen molar-refractivity contribution < 1.29 is 49.7 Å². The van der Waals surface area contributed by atoms with Gasteiger partial charge in [-0.2, -0.15) is 30.7 Å². The number of rotatable bonds is 11. The molecule has 5 nitrogen and oxygen atoms in total. The van der Waals surface area contributed by atoms with Gasteiger partial charge >= 0.3 is 19.4 Å². The minimum absolute atomic E-state index is 0.0234. The van der Waals surface area contributed by atoms with Crippen LogP contribution in [0.15, 0.2) is 48.5 Å². The van der Waals surface area contributed by atoms with E-state index in [2.05, 4.69) is 19.5 Å². The third kappa shape index (κ3) is 10.3. The van der Waals surface area contributed by atoms with E-state index >= 15 is 0 Å². The molecular weight excluding hydrogens is 463 g/mol. The second-order valence-electron chi connectivity index (χ2n) is 6.43. The van der Waals surface area contributed by atoms with Gasteiger partial charge in [0, 0.05) is 24.3 Å². The van der Waals surface area contributed by atoms with Crippen LogP contribution in [-0.4, -0.2) is 31.9 Å². The maximum atomic E-state index is 12.6. The van der Waals surface area contributed by atoms with Crippen LogP contribution in [0.25, 0.3) is 6.08 Å². The molecule has 180 valence electrons. The van der Waals surface area contributed by atoms with Crippen molar-refractivity contribution in [1.82, 2.24) is 5.32 Å². The predicted molar refractivity (Wildman–Crippen MR) is 103 cm³/mol. The lowest BCUT2D eigenvalue weighted by molar-refractivity contribution is -0.176. The third-order valence-electron chi connectivity index (χ3n) is 3.86. The van der Waals surface area contributed by atoms with Crippen molar-refractivity contribution >= 4 is 12.0 Å². The van der Waals surface area contributed by atoms with Crippen LogP contribution in [0.3, 0.4) is 0 Å². The summed E-state index contributed by atoms with van der Waals surface area (Å²) < 4.78 is 98.9. The minimum Gasteiger partial charge on any atom is -0.435 e. The van der Waals surface area contributed by atoms with Gasteiger partial charge in [0.15, 0.2) is 0 Å². The summed E-state index contributed by atoms with van der Waals surface area (Å²) in [6.45, 7) is -7.89. The predicted octanol–water partition coefficient (Wildman–Crippen LogP) is 5.30. The van der Waals surface area contributed by atoms with Crippen LogP contribution in [0.1, 0.15) is 16.7 Å². The largest absolute Gasteiger partial charge is 0.435 e. The van der Waals surface area contributed by atoms with Crippen molar-refractivity contribution in [3.63, 3.8) is 0 Å². The Morgan fingerprint density at radius 3 is 2.18 bits per heavy atom. The molecule has 0 aliphatic carbocycles. The Morgan fingerprint density at radius 1 is 0.939 bits per heavy atom. The van der Waals surface area contributed by atoms with Gasteiger partial charge in [-0.05, 0) is 29.3 Å². The van der Waals surface area contributed by atoms with Gasteiger partial charge in [0.1, 0.15) is 18.1 Å². The smallest absolute Gasteiger partial charge is 0.411 e. The normalized spacial score (nSPS) is 11.9. The number of amides is 1. The molecule has 0 bridgehead atoms. The summed E-state index contributed by atoms with van der Waals surface area (Å²) in [7, 11) is 0. The number of ether oxygens (including phenoxy) is 3. The summed E-state index contributed by atoms with van der Waals surface area (Å²) >= 11 is 0. The molecule has 1 N–H and O–H groups in total. The minimum atomic E-state index is -4.41. The average Bonchev–Trinajstić information content (AvgIpc) is 2.71. The van der Waals surface area contributed by atoms with Crippen molar-refractivity contribution in [3.05, 3.63) is 65.2 Å². The van der Waals surface area contributed by atoms with Crippen LogP contribution >= 0.6 is 0 Å². The van der Waals surface area contributed by atoms with Crippen molar-refractivity contribution in [2.45, 2.75) is 32.6 Å². The van der Waals surface area contributed by atoms with Gasteiger partial charge in [0.2, 0.25) is 5.91 Å². The van der Waals surface area contributed by atoms with Crippen LogP contribution in [0.4, 0.5) is 30.7 Å². The zero-order valence-corrected chi connectivity index (χ0v) is 16.8. The molecule has 0 saturated carbocycles. The first kappa shape index (κ1) is 26.0. The van der Waals surface area contributed by atoms with Crippen LogP contribution in [0.2, 0.25) is 0 Å². The summed E-state index contributed by atoms with van der Waals surface area (Å²) in [4.78, 5) is 12.0. The fraction of sp³-hybridized carbons (Fsp3) is 0.286. The van der Waals surface area contributed by atoms with Crippen molar-refractivity contribution in [1.29, 1.82) is 0 Å². The summed E-state index contributed by atoms with van der Waals surface area (Å²) in [5, 5.41) is 2.53. The highest BCUT2D eigenvalue weighted by Crippen LogP contribution is 2.28. The van der Waals surface area contributed by atoms with E-state index < -0.39 is 43.4 Å². The van der Waals surface area contributed by atoms with E-state index in [4.69, 9.17) is 0 Å². The lowest BCUT2D eigenvalue weighted by atomic mass is 10.1. The summed E-state index contributed by atoms with van der Waals surface area (Å²) in [6.07, 6.45) is -2.23. The SMILES string of the molecule is O=C(C=Cc1ccc(OC(F)F)cc1OC(F)F)NCc1ccc(COCC(F)(F)F)cc1. The zero-order valence-electron chi connectivity index (χ0n) is 16.8. The van der Waals surface area contributed by atoms with Gasteiger partial charge in [0.05, 0.1) is 6.61 Å². The number of nitrogens with one attached hydrogen (secondary N) is 1. The Bertz CT molecular complexity index is 931. The molecule has 2 aromatic carbocycles. The maximum Gasteiger partial charge on any atom is 0.411 e. The molecule has 0 aliphatic rings. The number of carbonyl (C=O) groups excluding carboxylic acids is 1. The molecule has 12 heteroatoms. The van der Waals surface area contributed by atoms with E-state index in [0.29, 0.717) is 11.1 Å². The molecule has 2 rings (SSSR count). The Morgan fingerprint density at radius 2 is 1.58 bits per heavy atom. The first-order chi connectivity index (χ1) is 15.5. The quantitative estimate of drug-likeness (QED) is 0.350. The van der Waals surface area contributed by atoms with E-state index in [0.717, 1.165) is 24.3 Å². The summed E-state index contributed by atoms with van der Waals surface area (Å²) in [6, 6.07) is 9.38. The topological polar surface area (TPSA) is 56.8 Å². The Kier molecular flexibility index (Phi) is 9.52. The number of carbonyl (C=O) groups is 1. The van der Waals surface area contributed by atoms with Crippen LogP contribution in [0.5, 0.6) is 11.5 Å². The number of alkyl halides is 7. The van der Waals surface area contributed by atoms with Crippen molar-refractivity contribution in [2.75, 3.05) is 6.61 Å². The van der Waals surface area contributed by atoms with E-state index in [9.17, 15) is 35.5 Å². The van der Waals surface area contributed by atoms with Gasteiger partial charge < -0.3 is 19.5 Å². The second kappa shape index (κ2) is 12.1. The van der Waals surface area contributed by atoms with E-state index in [-0.39, 0.29) is 18.7 Å². The van der Waals surface area contributed by atoms with Crippen molar-refractivity contribution in [2.24, 2.45) is 0 Å². The van der Waals surface area contributed by atoms with Gasteiger partial charge in [-0.25, -0.2) is 0 Å². The van der Waals surface area contributed by atoms with E-state index in [1.807, 2.05) is 0 Å². The lowest BCUT2D eigenvalue weighted by Gasteiger charge is -2.11. The molecule has 33 heavy (non-hydrogen) atoms. The molecule has 2 aromatic rings. The highest BCUT2D eigenvalue weighted by Gasteiger charge is 2.27. The summed E-state index contributed by atoms with van der Waals surface area (Å²) in [5.74, 6) is -1.45. The third-order valence-corrected chi connectivity index (χ3v) is 3.86. The standard InChI is InChI=1S/C21H18F7NO4/c22-19(23)32-16-7-5-15(17(9-16)33-20(24)25)6-8-18(30)29-10-13-1-3-14(4-2-13)11-31-12-21(26,27)28/h1-9,19-20H,10-12H2,(H,29,30). The number of halogens is 7. The van der Waals surface area contributed by atoms with E-state index in [1.165, 1.54) is 6.07 Å². The molecule has 0 aliphatic heterocycles. The Labute approximate surface area is 183 Å². The monoisotopic (exact) mass is 481 g/mol. The fourth-order valence-corrected chi connectivity index (χ4v) is 2.48. The number of hydrogen-bond acceptors (Lipinski definition) is 4. The van der Waals surface area contributed by atoms with Gasteiger partial charge in [-0.3, -0.25) is 4.79 Å². The van der Waals surface area contributed by atoms with Gasteiger partial charge in [-0.15, -0.1) is 0 Å². The van der Waals surface area contributed by atoms with Crippen LogP contribution in [0, 0.1) is 0 Å². The zero-order chi connectivity index (χ0) is 24.4. The molecule has 0 radical (unpaired) electrons. The molecule has 0 spiro atoms. The average molecular weight is 481 g/mol. The Balaban J connectivity index is 1.91. The molecule has 0 saturated heterocycles. The van der Waals surface area contributed by atoms with Crippen molar-refractivity contribution in [3.8, 4) is 11.5 Å². The first-order valence-corrected chi connectivity index (χ1v) is 9.24. The molecule has 0 fully saturated rings. The lowest BCUT2D eigenvalue weighted by Crippen LogP contribution is -2.20. The molecule has 0 unspecified atom stereocenters. The maximum absolute atomic E-state index is 12.6. The molecule has 0 heterocycles. The van der Waals surface area contributed by atoms with Gasteiger partial charge in [-0.1, -0.05) is 24.3 Å². The highest BCUT2D eigenvalue weighted by molar-refractivity contribution is 5.92. The first-order valence-electron chi connectivity index (χ1n) is 9.24. The number of benzene rings is 2. The molecule has 1 amide bonds.